The number of hydrogen-bond donors (Lipinski definition) is 3. The van der Waals surface area contributed by atoms with Crippen molar-refractivity contribution >= 4 is 23.2 Å². The van der Waals surface area contributed by atoms with Crippen LogP contribution in [0.5, 0.6) is 5.75 Å². The minimum Gasteiger partial charge on any atom is -0.491 e. The van der Waals surface area contributed by atoms with Crippen LogP contribution in [0.15, 0.2) is 48.5 Å². The van der Waals surface area contributed by atoms with E-state index in [9.17, 15) is 9.59 Å². The molecule has 3 N–H and O–H groups in total. The van der Waals surface area contributed by atoms with E-state index in [1.165, 1.54) is 0 Å². The van der Waals surface area contributed by atoms with Gasteiger partial charge < -0.3 is 25.4 Å². The Bertz CT molecular complexity index is 848. The van der Waals surface area contributed by atoms with Crippen LogP contribution < -0.4 is 20.7 Å². The summed E-state index contributed by atoms with van der Waals surface area (Å²) in [7, 11) is 0. The lowest BCUT2D eigenvalue weighted by Crippen LogP contribution is -2.25. The normalized spacial score (nSPS) is 15.3. The Labute approximate surface area is 183 Å². The standard InChI is InChI=1S/C24H31N3O4/c1-2-3-13-25-24(29)18-6-4-7-20(15-18)26-16-23(28)27-19-9-11-21(12-10-19)31-17-22-8-5-14-30-22/h4,6-7,9-12,15,22,26H,2-3,5,8,13-14,16-17H2,1H3,(H,25,29)(H,27,28). The molecule has 2 aromatic carbocycles. The molecule has 1 aliphatic heterocycles. The zero-order valence-electron chi connectivity index (χ0n) is 18.0. The highest BCUT2D eigenvalue weighted by molar-refractivity contribution is 5.96. The molecule has 0 spiro atoms. The average molecular weight is 426 g/mol. The van der Waals surface area contributed by atoms with Crippen molar-refractivity contribution in [2.24, 2.45) is 0 Å². The second-order valence-electron chi connectivity index (χ2n) is 7.56. The number of hydrogen-bond acceptors (Lipinski definition) is 5. The van der Waals surface area contributed by atoms with Crippen LogP contribution in [-0.4, -0.2) is 44.2 Å². The van der Waals surface area contributed by atoms with Crippen LogP contribution in [0.1, 0.15) is 43.0 Å². The van der Waals surface area contributed by atoms with Gasteiger partial charge in [0.25, 0.3) is 5.91 Å². The molecule has 1 heterocycles. The van der Waals surface area contributed by atoms with E-state index in [0.29, 0.717) is 24.4 Å². The molecule has 1 saturated heterocycles. The van der Waals surface area contributed by atoms with Crippen molar-refractivity contribution in [3.8, 4) is 5.75 Å². The summed E-state index contributed by atoms with van der Waals surface area (Å²) >= 11 is 0. The summed E-state index contributed by atoms with van der Waals surface area (Å²) in [6.45, 7) is 4.19. The van der Waals surface area contributed by atoms with Crippen LogP contribution in [-0.2, 0) is 9.53 Å². The lowest BCUT2D eigenvalue weighted by molar-refractivity contribution is -0.114. The number of anilines is 2. The quantitative estimate of drug-likeness (QED) is 0.476. The largest absolute Gasteiger partial charge is 0.491 e. The van der Waals surface area contributed by atoms with E-state index in [4.69, 9.17) is 9.47 Å². The van der Waals surface area contributed by atoms with Gasteiger partial charge in [-0.2, -0.15) is 0 Å². The molecule has 1 atom stereocenters. The Balaban J connectivity index is 1.42. The number of nitrogens with one attached hydrogen (secondary N) is 3. The fraction of sp³-hybridized carbons (Fsp3) is 0.417. The van der Waals surface area contributed by atoms with Gasteiger partial charge in [-0.25, -0.2) is 0 Å². The summed E-state index contributed by atoms with van der Waals surface area (Å²) in [5.74, 6) is 0.467. The number of ether oxygens (including phenoxy) is 2. The lowest BCUT2D eigenvalue weighted by Gasteiger charge is -2.12. The molecule has 1 fully saturated rings. The van der Waals surface area contributed by atoms with Crippen LogP contribution >= 0.6 is 0 Å². The Kier molecular flexibility index (Phi) is 8.72. The number of carbonyl (C=O) groups is 2. The van der Waals surface area contributed by atoms with Gasteiger partial charge in [0.15, 0.2) is 0 Å². The first kappa shape index (κ1) is 22.6. The molecule has 31 heavy (non-hydrogen) atoms. The fourth-order valence-electron chi connectivity index (χ4n) is 3.24. The maximum Gasteiger partial charge on any atom is 0.251 e. The summed E-state index contributed by atoms with van der Waals surface area (Å²) in [6.07, 6.45) is 4.27. The molecule has 0 bridgehead atoms. The molecule has 2 aromatic rings. The van der Waals surface area contributed by atoms with Gasteiger partial charge in [0.2, 0.25) is 5.91 Å². The first-order valence-corrected chi connectivity index (χ1v) is 10.9. The first-order valence-electron chi connectivity index (χ1n) is 10.9. The van der Waals surface area contributed by atoms with Crippen molar-refractivity contribution in [1.82, 2.24) is 5.32 Å². The van der Waals surface area contributed by atoms with Crippen molar-refractivity contribution in [1.29, 1.82) is 0 Å². The van der Waals surface area contributed by atoms with Crippen molar-refractivity contribution in [2.45, 2.75) is 38.7 Å². The summed E-state index contributed by atoms with van der Waals surface area (Å²) < 4.78 is 11.3. The summed E-state index contributed by atoms with van der Waals surface area (Å²) in [5, 5.41) is 8.80. The van der Waals surface area contributed by atoms with E-state index in [1.807, 2.05) is 30.3 Å². The molecule has 0 saturated carbocycles. The topological polar surface area (TPSA) is 88.7 Å². The van der Waals surface area contributed by atoms with Gasteiger partial charge in [-0.05, 0) is 61.7 Å². The molecule has 7 heteroatoms. The zero-order valence-corrected chi connectivity index (χ0v) is 18.0. The van der Waals surface area contributed by atoms with Crippen molar-refractivity contribution < 1.29 is 19.1 Å². The SMILES string of the molecule is CCCCNC(=O)c1cccc(NCC(=O)Nc2ccc(OCC3CCCO3)cc2)c1. The van der Waals surface area contributed by atoms with Gasteiger partial charge in [-0.15, -0.1) is 0 Å². The molecule has 7 nitrogen and oxygen atoms in total. The minimum absolute atomic E-state index is 0.0954. The van der Waals surface area contributed by atoms with Gasteiger partial charge in [0, 0.05) is 30.1 Å². The van der Waals surface area contributed by atoms with Gasteiger partial charge in [-0.3, -0.25) is 9.59 Å². The maximum absolute atomic E-state index is 12.3. The predicted molar refractivity (Wildman–Crippen MR) is 122 cm³/mol. The van der Waals surface area contributed by atoms with Crippen LogP contribution in [0, 0.1) is 0 Å². The Hall–Kier alpha value is -3.06. The monoisotopic (exact) mass is 425 g/mol. The van der Waals surface area contributed by atoms with E-state index >= 15 is 0 Å². The van der Waals surface area contributed by atoms with Gasteiger partial charge >= 0.3 is 0 Å². The molecular formula is C24H31N3O4. The molecular weight excluding hydrogens is 394 g/mol. The minimum atomic E-state index is -0.175. The second kappa shape index (κ2) is 12.0. The second-order valence-corrected chi connectivity index (χ2v) is 7.56. The maximum atomic E-state index is 12.3. The number of amides is 2. The Morgan fingerprint density at radius 2 is 1.97 bits per heavy atom. The number of benzene rings is 2. The number of carbonyl (C=O) groups excluding carboxylic acids is 2. The molecule has 2 amide bonds. The number of unbranched alkanes of at least 4 members (excludes halogenated alkanes) is 1. The fourth-order valence-corrected chi connectivity index (χ4v) is 3.24. The molecule has 0 aliphatic carbocycles. The van der Waals surface area contributed by atoms with E-state index in [2.05, 4.69) is 22.9 Å². The molecule has 1 aliphatic rings. The van der Waals surface area contributed by atoms with E-state index in [1.54, 1.807) is 18.2 Å². The molecule has 3 rings (SSSR count). The molecule has 1 unspecified atom stereocenters. The molecule has 166 valence electrons. The Morgan fingerprint density at radius 1 is 1.13 bits per heavy atom. The highest BCUT2D eigenvalue weighted by atomic mass is 16.5. The van der Waals surface area contributed by atoms with Crippen molar-refractivity contribution in [3.05, 3.63) is 54.1 Å². The van der Waals surface area contributed by atoms with E-state index in [-0.39, 0.29) is 24.5 Å². The summed E-state index contributed by atoms with van der Waals surface area (Å²) in [4.78, 5) is 24.4. The van der Waals surface area contributed by atoms with Crippen LogP contribution in [0.3, 0.4) is 0 Å². The lowest BCUT2D eigenvalue weighted by atomic mass is 10.2. The summed E-state index contributed by atoms with van der Waals surface area (Å²) in [5.41, 5.74) is 1.98. The average Bonchev–Trinajstić information content (AvgIpc) is 3.31. The molecule has 0 aromatic heterocycles. The van der Waals surface area contributed by atoms with E-state index in [0.717, 1.165) is 43.7 Å². The predicted octanol–water partition coefficient (Wildman–Crippen LogP) is 3.82. The highest BCUT2D eigenvalue weighted by Crippen LogP contribution is 2.18. The van der Waals surface area contributed by atoms with Gasteiger partial charge in [0.1, 0.15) is 12.4 Å². The highest BCUT2D eigenvalue weighted by Gasteiger charge is 2.16. The van der Waals surface area contributed by atoms with Crippen LogP contribution in [0.25, 0.3) is 0 Å². The molecule has 0 radical (unpaired) electrons. The number of rotatable bonds is 11. The van der Waals surface area contributed by atoms with Crippen LogP contribution in [0.2, 0.25) is 0 Å². The van der Waals surface area contributed by atoms with E-state index < -0.39 is 0 Å². The van der Waals surface area contributed by atoms with Crippen molar-refractivity contribution in [2.75, 3.05) is 36.9 Å². The van der Waals surface area contributed by atoms with Gasteiger partial charge in [-0.1, -0.05) is 19.4 Å². The first-order chi connectivity index (χ1) is 15.1. The van der Waals surface area contributed by atoms with Gasteiger partial charge in [0.05, 0.1) is 12.6 Å². The third-order valence-electron chi connectivity index (χ3n) is 4.99. The Morgan fingerprint density at radius 3 is 2.71 bits per heavy atom. The smallest absolute Gasteiger partial charge is 0.251 e. The summed E-state index contributed by atoms with van der Waals surface area (Å²) in [6, 6.07) is 14.4. The van der Waals surface area contributed by atoms with Crippen LogP contribution in [0.4, 0.5) is 11.4 Å². The third-order valence-corrected chi connectivity index (χ3v) is 4.99. The zero-order chi connectivity index (χ0) is 21.9. The third kappa shape index (κ3) is 7.61. The van der Waals surface area contributed by atoms with Crippen molar-refractivity contribution in [3.63, 3.8) is 0 Å².